The van der Waals surface area contributed by atoms with Crippen molar-refractivity contribution in [1.82, 2.24) is 0 Å². The second-order valence-corrected chi connectivity index (χ2v) is 10.00. The van der Waals surface area contributed by atoms with Crippen LogP contribution >= 0.6 is 0 Å². The van der Waals surface area contributed by atoms with Crippen LogP contribution in [0.15, 0.2) is 48.5 Å². The molecule has 1 saturated carbocycles. The maximum Gasteiger partial charge on any atom is 0.343 e. The SMILES string of the molecule is CCCCCOc1ccc(-c2ccc(C(=O)Oc3ccc(C4CCC(C)CC4)c(F)c3F)cc2)c(F)c1F. The number of hydrogen-bond acceptors (Lipinski definition) is 3. The lowest BCUT2D eigenvalue weighted by molar-refractivity contribution is 0.0726. The van der Waals surface area contributed by atoms with Crippen molar-refractivity contribution in [1.29, 1.82) is 0 Å². The van der Waals surface area contributed by atoms with Crippen LogP contribution in [0.5, 0.6) is 11.5 Å². The van der Waals surface area contributed by atoms with Crippen molar-refractivity contribution in [3.05, 3.63) is 82.9 Å². The maximum atomic E-state index is 14.8. The van der Waals surface area contributed by atoms with Gasteiger partial charge in [0.05, 0.1) is 12.2 Å². The molecule has 1 aliphatic carbocycles. The Morgan fingerprint density at radius 3 is 2.13 bits per heavy atom. The van der Waals surface area contributed by atoms with Gasteiger partial charge >= 0.3 is 5.97 Å². The molecule has 0 heterocycles. The van der Waals surface area contributed by atoms with Crippen LogP contribution < -0.4 is 9.47 Å². The van der Waals surface area contributed by atoms with E-state index in [-0.39, 0.29) is 22.8 Å². The van der Waals surface area contributed by atoms with E-state index in [0.717, 1.165) is 44.9 Å². The first kappa shape index (κ1) is 27.7. The number of halogens is 4. The van der Waals surface area contributed by atoms with Crippen LogP contribution in [0.4, 0.5) is 17.6 Å². The summed E-state index contributed by atoms with van der Waals surface area (Å²) in [6, 6.07) is 11.1. The Bertz CT molecular complexity index is 1270. The van der Waals surface area contributed by atoms with Crippen LogP contribution in [0.3, 0.4) is 0 Å². The molecule has 38 heavy (non-hydrogen) atoms. The van der Waals surface area contributed by atoms with Crippen molar-refractivity contribution < 1.29 is 31.8 Å². The number of carbonyl (C=O) groups is 1. The van der Waals surface area contributed by atoms with Gasteiger partial charge in [0.1, 0.15) is 0 Å². The van der Waals surface area contributed by atoms with Gasteiger partial charge in [-0.15, -0.1) is 0 Å². The molecule has 0 unspecified atom stereocenters. The van der Waals surface area contributed by atoms with E-state index in [9.17, 15) is 22.4 Å². The number of benzene rings is 3. The smallest absolute Gasteiger partial charge is 0.343 e. The Morgan fingerprint density at radius 2 is 1.45 bits per heavy atom. The molecule has 0 aromatic heterocycles. The van der Waals surface area contributed by atoms with Crippen molar-refractivity contribution in [2.75, 3.05) is 6.61 Å². The van der Waals surface area contributed by atoms with E-state index < -0.39 is 35.0 Å². The minimum Gasteiger partial charge on any atom is -0.490 e. The predicted octanol–water partition coefficient (Wildman–Crippen LogP) is 8.99. The highest BCUT2D eigenvalue weighted by atomic mass is 19.2. The molecule has 0 amide bonds. The molecule has 7 heteroatoms. The summed E-state index contributed by atoms with van der Waals surface area (Å²) in [6.07, 6.45) is 6.18. The first-order chi connectivity index (χ1) is 18.3. The third-order valence-electron chi connectivity index (χ3n) is 7.22. The fraction of sp³-hybridized carbons (Fsp3) is 0.387. The standard InChI is InChI=1S/C31H32F4O3/c1-3-4-5-18-37-25-16-14-23(27(32)29(25)34)21-10-12-22(13-11-21)31(36)38-26-17-15-24(28(33)30(26)35)20-8-6-19(2)7-9-20/h10-17,19-20H,3-9,18H2,1-2H3. The summed E-state index contributed by atoms with van der Waals surface area (Å²) < 4.78 is 69.2. The van der Waals surface area contributed by atoms with Gasteiger partial charge in [0.2, 0.25) is 11.6 Å². The molecule has 3 aromatic carbocycles. The Labute approximate surface area is 220 Å². The van der Waals surface area contributed by atoms with Gasteiger partial charge in [0.15, 0.2) is 23.1 Å². The molecule has 0 aliphatic heterocycles. The summed E-state index contributed by atoms with van der Waals surface area (Å²) >= 11 is 0. The van der Waals surface area contributed by atoms with Gasteiger partial charge in [0, 0.05) is 5.56 Å². The summed E-state index contributed by atoms with van der Waals surface area (Å²) in [4.78, 5) is 12.6. The molecular formula is C31H32F4O3. The van der Waals surface area contributed by atoms with Crippen molar-refractivity contribution in [3.63, 3.8) is 0 Å². The lowest BCUT2D eigenvalue weighted by Gasteiger charge is -2.27. The van der Waals surface area contributed by atoms with Gasteiger partial charge in [-0.2, -0.15) is 8.78 Å². The van der Waals surface area contributed by atoms with Crippen LogP contribution in [0, 0.1) is 29.2 Å². The molecule has 0 saturated heterocycles. The minimum atomic E-state index is -1.19. The number of ether oxygens (including phenoxy) is 2. The molecule has 3 aromatic rings. The van der Waals surface area contributed by atoms with E-state index in [1.165, 1.54) is 48.5 Å². The first-order valence-electron chi connectivity index (χ1n) is 13.2. The molecule has 1 aliphatic rings. The van der Waals surface area contributed by atoms with Gasteiger partial charge in [0.25, 0.3) is 0 Å². The molecule has 0 radical (unpaired) electrons. The molecule has 0 N–H and O–H groups in total. The van der Waals surface area contributed by atoms with Gasteiger partial charge in [-0.05, 0) is 72.6 Å². The lowest BCUT2D eigenvalue weighted by Crippen LogP contribution is -2.14. The van der Waals surface area contributed by atoms with E-state index >= 15 is 0 Å². The molecule has 3 nitrogen and oxygen atoms in total. The molecule has 4 rings (SSSR count). The quantitative estimate of drug-likeness (QED) is 0.120. The lowest BCUT2D eigenvalue weighted by atomic mass is 9.79. The minimum absolute atomic E-state index is 0.00383. The van der Waals surface area contributed by atoms with E-state index in [1.807, 2.05) is 6.92 Å². The highest BCUT2D eigenvalue weighted by Crippen LogP contribution is 2.38. The predicted molar refractivity (Wildman–Crippen MR) is 139 cm³/mol. The molecule has 0 atom stereocenters. The number of esters is 1. The van der Waals surface area contributed by atoms with Crippen molar-refractivity contribution in [2.24, 2.45) is 5.92 Å². The van der Waals surface area contributed by atoms with Gasteiger partial charge in [-0.25, -0.2) is 13.6 Å². The van der Waals surface area contributed by atoms with E-state index in [0.29, 0.717) is 23.7 Å². The van der Waals surface area contributed by atoms with Crippen molar-refractivity contribution >= 4 is 5.97 Å². The maximum absolute atomic E-state index is 14.8. The zero-order chi connectivity index (χ0) is 27.2. The topological polar surface area (TPSA) is 35.5 Å². The summed E-state index contributed by atoms with van der Waals surface area (Å²) in [5.41, 5.74) is 0.698. The molecule has 0 spiro atoms. The summed E-state index contributed by atoms with van der Waals surface area (Å²) in [5, 5.41) is 0. The van der Waals surface area contributed by atoms with Crippen LogP contribution in [0.25, 0.3) is 11.1 Å². The van der Waals surface area contributed by atoms with Crippen LogP contribution in [-0.2, 0) is 0 Å². The van der Waals surface area contributed by atoms with Crippen LogP contribution in [0.2, 0.25) is 0 Å². The Balaban J connectivity index is 1.44. The molecule has 0 bridgehead atoms. The van der Waals surface area contributed by atoms with E-state index in [2.05, 4.69) is 6.92 Å². The van der Waals surface area contributed by atoms with Crippen molar-refractivity contribution in [3.8, 4) is 22.6 Å². The molecular weight excluding hydrogens is 496 g/mol. The zero-order valence-electron chi connectivity index (χ0n) is 21.7. The average molecular weight is 529 g/mol. The molecule has 202 valence electrons. The third kappa shape index (κ3) is 6.20. The Kier molecular flexibility index (Phi) is 9.08. The second-order valence-electron chi connectivity index (χ2n) is 10.00. The number of unbranched alkanes of at least 4 members (excludes halogenated alkanes) is 2. The first-order valence-corrected chi connectivity index (χ1v) is 13.2. The molecule has 1 fully saturated rings. The monoisotopic (exact) mass is 528 g/mol. The average Bonchev–Trinajstić information content (AvgIpc) is 2.92. The third-order valence-corrected chi connectivity index (χ3v) is 7.22. The largest absolute Gasteiger partial charge is 0.490 e. The number of rotatable bonds is 9. The Hall–Kier alpha value is -3.35. The number of hydrogen-bond donors (Lipinski definition) is 0. The fourth-order valence-electron chi connectivity index (χ4n) is 4.86. The van der Waals surface area contributed by atoms with Gasteiger partial charge in [-0.3, -0.25) is 0 Å². The van der Waals surface area contributed by atoms with E-state index in [4.69, 9.17) is 9.47 Å². The zero-order valence-corrected chi connectivity index (χ0v) is 21.7. The van der Waals surface area contributed by atoms with E-state index in [1.54, 1.807) is 0 Å². The van der Waals surface area contributed by atoms with Crippen LogP contribution in [-0.4, -0.2) is 12.6 Å². The summed E-state index contributed by atoms with van der Waals surface area (Å²) in [5.74, 6) is -5.32. The normalized spacial score (nSPS) is 17.3. The highest BCUT2D eigenvalue weighted by molar-refractivity contribution is 5.91. The van der Waals surface area contributed by atoms with Crippen LogP contribution in [0.1, 0.15) is 80.6 Å². The second kappa shape index (κ2) is 12.5. The summed E-state index contributed by atoms with van der Waals surface area (Å²) in [7, 11) is 0. The highest BCUT2D eigenvalue weighted by Gasteiger charge is 2.26. The van der Waals surface area contributed by atoms with Gasteiger partial charge in [-0.1, -0.05) is 57.7 Å². The van der Waals surface area contributed by atoms with Gasteiger partial charge < -0.3 is 9.47 Å². The van der Waals surface area contributed by atoms with Crippen molar-refractivity contribution in [2.45, 2.75) is 64.7 Å². The number of carbonyl (C=O) groups excluding carboxylic acids is 1. The fourth-order valence-corrected chi connectivity index (χ4v) is 4.86. The Morgan fingerprint density at radius 1 is 0.789 bits per heavy atom. The summed E-state index contributed by atoms with van der Waals surface area (Å²) in [6.45, 7) is 4.48.